The predicted molar refractivity (Wildman–Crippen MR) is 76.9 cm³/mol. The van der Waals surface area contributed by atoms with Crippen LogP contribution in [0.3, 0.4) is 0 Å². The van der Waals surface area contributed by atoms with Crippen molar-refractivity contribution in [2.75, 3.05) is 26.7 Å². The summed E-state index contributed by atoms with van der Waals surface area (Å²) in [5.74, 6) is -0.152. The molecule has 0 aliphatic carbocycles. The number of rotatable bonds is 1. The van der Waals surface area contributed by atoms with Crippen molar-refractivity contribution >= 4 is 11.8 Å². The zero-order chi connectivity index (χ0) is 15.0. The molecule has 112 valence electrons. The van der Waals surface area contributed by atoms with E-state index in [0.717, 1.165) is 19.4 Å². The van der Waals surface area contributed by atoms with Gasteiger partial charge >= 0.3 is 0 Å². The number of amides is 2. The second kappa shape index (κ2) is 5.02. The van der Waals surface area contributed by atoms with Gasteiger partial charge in [0.15, 0.2) is 0 Å². The summed E-state index contributed by atoms with van der Waals surface area (Å²) in [6.07, 6.45) is 3.98. The number of nitrogens with one attached hydrogen (secondary N) is 1. The average molecular weight is 289 g/mol. The molecule has 0 saturated carbocycles. The fourth-order valence-corrected chi connectivity index (χ4v) is 3.45. The summed E-state index contributed by atoms with van der Waals surface area (Å²) >= 11 is 0. The van der Waals surface area contributed by atoms with Gasteiger partial charge in [-0.15, -0.1) is 0 Å². The van der Waals surface area contributed by atoms with Gasteiger partial charge in [-0.1, -0.05) is 0 Å². The molecule has 2 aliphatic rings. The van der Waals surface area contributed by atoms with Crippen molar-refractivity contribution in [3.05, 3.63) is 34.2 Å². The Morgan fingerprint density at radius 2 is 2.10 bits per heavy atom. The monoisotopic (exact) mass is 289 g/mol. The van der Waals surface area contributed by atoms with Crippen LogP contribution in [0.5, 0.6) is 0 Å². The van der Waals surface area contributed by atoms with E-state index in [1.54, 1.807) is 15.9 Å². The van der Waals surface area contributed by atoms with Crippen LogP contribution in [0.4, 0.5) is 0 Å². The highest BCUT2D eigenvalue weighted by atomic mass is 16.2. The van der Waals surface area contributed by atoms with Gasteiger partial charge in [-0.2, -0.15) is 0 Å². The van der Waals surface area contributed by atoms with E-state index in [-0.39, 0.29) is 22.9 Å². The molecular formula is C15H19N3O3. The number of nitrogens with zero attached hydrogens (tertiary/aromatic N) is 2. The van der Waals surface area contributed by atoms with Gasteiger partial charge in [-0.25, -0.2) is 0 Å². The number of piperidine rings is 1. The molecule has 0 radical (unpaired) electrons. The molecule has 0 aromatic carbocycles. The normalized spacial score (nSPS) is 25.7. The minimum atomic E-state index is -0.440. The molecule has 3 heterocycles. The summed E-state index contributed by atoms with van der Waals surface area (Å²) < 4.78 is 0. The molecule has 1 unspecified atom stereocenters. The van der Waals surface area contributed by atoms with Gasteiger partial charge < -0.3 is 14.8 Å². The predicted octanol–water partition coefficient (Wildman–Crippen LogP) is 0.459. The highest BCUT2D eigenvalue weighted by Gasteiger charge is 2.48. The highest BCUT2D eigenvalue weighted by molar-refractivity contribution is 5.95. The maximum Gasteiger partial charge on any atom is 0.260 e. The van der Waals surface area contributed by atoms with Gasteiger partial charge in [0.1, 0.15) is 5.56 Å². The second-order valence-electron chi connectivity index (χ2n) is 6.00. The number of H-pyrrole nitrogens is 1. The van der Waals surface area contributed by atoms with Crippen LogP contribution in [0.2, 0.25) is 0 Å². The van der Waals surface area contributed by atoms with Crippen LogP contribution >= 0.6 is 0 Å². The van der Waals surface area contributed by atoms with Gasteiger partial charge in [0.25, 0.3) is 11.5 Å². The maximum atomic E-state index is 12.5. The zero-order valence-electron chi connectivity index (χ0n) is 12.1. The molecular weight excluding hydrogens is 270 g/mol. The summed E-state index contributed by atoms with van der Waals surface area (Å²) in [7, 11) is 1.82. The van der Waals surface area contributed by atoms with Crippen molar-refractivity contribution < 1.29 is 9.59 Å². The zero-order valence-corrected chi connectivity index (χ0v) is 12.1. The summed E-state index contributed by atoms with van der Waals surface area (Å²) in [5.41, 5.74) is -0.675. The molecule has 1 atom stereocenters. The van der Waals surface area contributed by atoms with Crippen molar-refractivity contribution in [3.63, 3.8) is 0 Å². The molecule has 1 aromatic rings. The first kappa shape index (κ1) is 13.9. The molecule has 2 saturated heterocycles. The third-order valence-electron chi connectivity index (χ3n) is 4.64. The van der Waals surface area contributed by atoms with E-state index in [4.69, 9.17) is 0 Å². The Kier molecular flexibility index (Phi) is 3.31. The molecule has 2 fully saturated rings. The minimum absolute atomic E-state index is 0.131. The van der Waals surface area contributed by atoms with Crippen LogP contribution in [0.15, 0.2) is 23.1 Å². The van der Waals surface area contributed by atoms with Gasteiger partial charge in [-0.05, 0) is 31.4 Å². The van der Waals surface area contributed by atoms with Crippen LogP contribution in [0.25, 0.3) is 0 Å². The Bertz CT molecular complexity index is 639. The summed E-state index contributed by atoms with van der Waals surface area (Å²) in [6, 6.07) is 3.17. The van der Waals surface area contributed by atoms with Gasteiger partial charge in [-0.3, -0.25) is 14.4 Å². The number of likely N-dealkylation sites (tertiary alicyclic amines) is 2. The van der Waals surface area contributed by atoms with Crippen molar-refractivity contribution in [3.8, 4) is 0 Å². The number of hydrogen-bond donors (Lipinski definition) is 1. The Morgan fingerprint density at radius 1 is 1.29 bits per heavy atom. The van der Waals surface area contributed by atoms with Crippen LogP contribution in [-0.2, 0) is 4.79 Å². The van der Waals surface area contributed by atoms with Crippen molar-refractivity contribution in [2.24, 2.45) is 5.41 Å². The summed E-state index contributed by atoms with van der Waals surface area (Å²) in [6.45, 7) is 1.74. The average Bonchev–Trinajstić information content (AvgIpc) is 2.90. The fourth-order valence-electron chi connectivity index (χ4n) is 3.45. The van der Waals surface area contributed by atoms with Crippen molar-refractivity contribution in [2.45, 2.75) is 19.3 Å². The minimum Gasteiger partial charge on any atom is -0.345 e. The first-order valence-electron chi connectivity index (χ1n) is 7.26. The number of aromatic nitrogens is 1. The van der Waals surface area contributed by atoms with Crippen LogP contribution < -0.4 is 5.56 Å². The molecule has 1 aromatic heterocycles. The number of hydrogen-bond acceptors (Lipinski definition) is 3. The largest absolute Gasteiger partial charge is 0.345 e. The van der Waals surface area contributed by atoms with Crippen LogP contribution in [0.1, 0.15) is 29.6 Å². The molecule has 1 spiro atoms. The number of aromatic amines is 1. The topological polar surface area (TPSA) is 73.5 Å². The van der Waals surface area contributed by atoms with Crippen molar-refractivity contribution in [1.82, 2.24) is 14.8 Å². The molecule has 1 N–H and O–H groups in total. The standard InChI is InChI=1S/C15H19N3O3/c1-17-8-3-5-15(14(17)21)6-9-18(10-15)13(20)11-4-2-7-16-12(11)19/h2,4,7H,3,5-6,8-10H2,1H3,(H,16,19). The number of carbonyl (C=O) groups is 2. The number of carbonyl (C=O) groups excluding carboxylic acids is 2. The van der Waals surface area contributed by atoms with E-state index in [1.165, 1.54) is 12.3 Å². The lowest BCUT2D eigenvalue weighted by Gasteiger charge is -2.37. The van der Waals surface area contributed by atoms with Crippen LogP contribution in [0, 0.1) is 5.41 Å². The lowest BCUT2D eigenvalue weighted by atomic mass is 9.78. The maximum absolute atomic E-state index is 12.5. The SMILES string of the molecule is CN1CCCC2(CCN(C(=O)c3ccc[nH]c3=O)C2)C1=O. The van der Waals surface area contributed by atoms with E-state index in [9.17, 15) is 14.4 Å². The smallest absolute Gasteiger partial charge is 0.260 e. The van der Waals surface area contributed by atoms with E-state index >= 15 is 0 Å². The van der Waals surface area contributed by atoms with E-state index in [2.05, 4.69) is 4.98 Å². The first-order chi connectivity index (χ1) is 10.0. The molecule has 0 bridgehead atoms. The first-order valence-corrected chi connectivity index (χ1v) is 7.26. The van der Waals surface area contributed by atoms with Crippen molar-refractivity contribution in [1.29, 1.82) is 0 Å². The highest BCUT2D eigenvalue weighted by Crippen LogP contribution is 2.39. The Labute approximate surface area is 122 Å². The molecule has 21 heavy (non-hydrogen) atoms. The molecule has 6 nitrogen and oxygen atoms in total. The Balaban J connectivity index is 1.81. The second-order valence-corrected chi connectivity index (χ2v) is 6.00. The summed E-state index contributed by atoms with van der Waals surface area (Å²) in [4.78, 5) is 42.5. The van der Waals surface area contributed by atoms with Gasteiger partial charge in [0.2, 0.25) is 5.91 Å². The quantitative estimate of drug-likeness (QED) is 0.816. The third kappa shape index (κ3) is 2.24. The lowest BCUT2D eigenvalue weighted by molar-refractivity contribution is -0.143. The lowest BCUT2D eigenvalue weighted by Crippen LogP contribution is -2.48. The molecule has 2 amide bonds. The van der Waals surface area contributed by atoms with E-state index < -0.39 is 5.41 Å². The molecule has 2 aliphatic heterocycles. The molecule has 3 rings (SSSR count). The van der Waals surface area contributed by atoms with Crippen LogP contribution in [-0.4, -0.2) is 53.3 Å². The van der Waals surface area contributed by atoms with E-state index in [0.29, 0.717) is 19.5 Å². The number of pyridine rings is 1. The van der Waals surface area contributed by atoms with Gasteiger partial charge in [0, 0.05) is 32.9 Å². The Morgan fingerprint density at radius 3 is 2.86 bits per heavy atom. The summed E-state index contributed by atoms with van der Waals surface area (Å²) in [5, 5.41) is 0. The van der Waals surface area contributed by atoms with Gasteiger partial charge in [0.05, 0.1) is 5.41 Å². The molecule has 6 heteroatoms. The third-order valence-corrected chi connectivity index (χ3v) is 4.64. The van der Waals surface area contributed by atoms with E-state index in [1.807, 2.05) is 7.05 Å². The fraction of sp³-hybridized carbons (Fsp3) is 0.533. The Hall–Kier alpha value is -2.11.